The summed E-state index contributed by atoms with van der Waals surface area (Å²) < 4.78 is 36.4. The lowest BCUT2D eigenvalue weighted by Gasteiger charge is -2.43. The van der Waals surface area contributed by atoms with Crippen molar-refractivity contribution in [2.45, 2.75) is 60.3 Å². The van der Waals surface area contributed by atoms with E-state index in [4.69, 9.17) is 4.74 Å². The van der Waals surface area contributed by atoms with Crippen molar-refractivity contribution >= 4 is 11.3 Å². The maximum atomic E-state index is 12.8. The molecule has 0 radical (unpaired) electrons. The summed E-state index contributed by atoms with van der Waals surface area (Å²) in [4.78, 5) is 8.06. The van der Waals surface area contributed by atoms with Crippen LogP contribution in [0.25, 0.3) is 10.6 Å². The Bertz CT molecular complexity index is 835. The summed E-state index contributed by atoms with van der Waals surface area (Å²) in [6, 6.07) is 6.82. The van der Waals surface area contributed by atoms with Gasteiger partial charge < -0.3 is 9.47 Å². The van der Waals surface area contributed by atoms with E-state index in [1.165, 1.54) is 11.3 Å². The van der Waals surface area contributed by atoms with Crippen LogP contribution in [-0.2, 0) is 11.3 Å². The molecule has 0 spiro atoms. The van der Waals surface area contributed by atoms with Gasteiger partial charge in [0.15, 0.2) is 0 Å². The van der Waals surface area contributed by atoms with Crippen LogP contribution >= 0.6 is 11.3 Å². The van der Waals surface area contributed by atoms with E-state index in [1.807, 2.05) is 12.3 Å². The Balaban J connectivity index is 1.72. The third-order valence-electron chi connectivity index (χ3n) is 5.64. The van der Waals surface area contributed by atoms with Gasteiger partial charge in [0.1, 0.15) is 10.8 Å². The van der Waals surface area contributed by atoms with Crippen LogP contribution < -0.4 is 4.74 Å². The van der Waals surface area contributed by atoms with Gasteiger partial charge in [-0.15, -0.1) is 11.3 Å². The lowest BCUT2D eigenvalue weighted by Crippen LogP contribution is -2.47. The van der Waals surface area contributed by atoms with Gasteiger partial charge in [0, 0.05) is 37.3 Å². The van der Waals surface area contributed by atoms with Gasteiger partial charge in [-0.1, -0.05) is 46.8 Å². The molecule has 0 amide bonds. The minimum atomic E-state index is -2.86. The number of nitrogens with zero attached hydrogens (tertiary/aromatic N) is 2. The predicted molar refractivity (Wildman–Crippen MR) is 122 cm³/mol. The number of thiazole rings is 1. The molecule has 1 saturated heterocycles. The molecule has 172 valence electrons. The van der Waals surface area contributed by atoms with Gasteiger partial charge in [-0.25, -0.2) is 4.98 Å². The zero-order valence-electron chi connectivity index (χ0n) is 19.1. The van der Waals surface area contributed by atoms with Gasteiger partial charge in [0.25, 0.3) is 0 Å². The number of aromatic nitrogens is 1. The van der Waals surface area contributed by atoms with Crippen molar-refractivity contribution in [2.75, 3.05) is 19.7 Å². The summed E-state index contributed by atoms with van der Waals surface area (Å²) in [5.74, 6) is 1.22. The van der Waals surface area contributed by atoms with Gasteiger partial charge >= 0.3 is 6.61 Å². The first-order valence-corrected chi connectivity index (χ1v) is 11.8. The Hall–Kier alpha value is -1.57. The van der Waals surface area contributed by atoms with Gasteiger partial charge in [0.2, 0.25) is 0 Å². The fourth-order valence-corrected chi connectivity index (χ4v) is 4.90. The molecule has 2 heterocycles. The van der Waals surface area contributed by atoms with Gasteiger partial charge in [-0.05, 0) is 35.8 Å². The standard InChI is InChI=1S/C24H34F2N2O2S/c1-16(2)15-29-18-10-17(24(3,4)5)12-28(13-18)14-19-11-27-22(31-19)20-8-6-7-9-21(20)30-23(25)26/h6-9,11,16-18,23H,10,12-15H2,1-5H3. The van der Waals surface area contributed by atoms with E-state index in [2.05, 4.69) is 49.2 Å². The van der Waals surface area contributed by atoms with Gasteiger partial charge in [0.05, 0.1) is 11.7 Å². The number of hydrogen-bond donors (Lipinski definition) is 0. The molecule has 3 rings (SSSR count). The van der Waals surface area contributed by atoms with Crippen LogP contribution in [0.5, 0.6) is 5.75 Å². The summed E-state index contributed by atoms with van der Waals surface area (Å²) >= 11 is 1.53. The molecular weight excluding hydrogens is 418 g/mol. The highest BCUT2D eigenvalue weighted by Gasteiger charge is 2.35. The summed E-state index contributed by atoms with van der Waals surface area (Å²) in [6.45, 7) is 11.9. The highest BCUT2D eigenvalue weighted by molar-refractivity contribution is 7.15. The van der Waals surface area contributed by atoms with Crippen molar-refractivity contribution in [1.82, 2.24) is 9.88 Å². The van der Waals surface area contributed by atoms with Crippen molar-refractivity contribution < 1.29 is 18.3 Å². The van der Waals surface area contributed by atoms with Crippen LogP contribution in [0, 0.1) is 17.3 Å². The van der Waals surface area contributed by atoms with E-state index in [-0.39, 0.29) is 17.3 Å². The van der Waals surface area contributed by atoms with E-state index in [0.717, 1.165) is 37.5 Å². The van der Waals surface area contributed by atoms with Crippen molar-refractivity contribution in [1.29, 1.82) is 0 Å². The molecule has 2 aromatic rings. The fraction of sp³-hybridized carbons (Fsp3) is 0.625. The van der Waals surface area contributed by atoms with Crippen molar-refractivity contribution in [3.8, 4) is 16.3 Å². The minimum absolute atomic E-state index is 0.159. The van der Waals surface area contributed by atoms with Gasteiger partial charge in [-0.2, -0.15) is 8.78 Å². The van der Waals surface area contributed by atoms with E-state index in [9.17, 15) is 8.78 Å². The number of hydrogen-bond acceptors (Lipinski definition) is 5. The molecule has 7 heteroatoms. The average Bonchev–Trinajstić information content (AvgIpc) is 3.13. The maximum Gasteiger partial charge on any atom is 0.387 e. The first kappa shape index (κ1) is 24.1. The van der Waals surface area contributed by atoms with Crippen LogP contribution in [-0.4, -0.2) is 42.3 Å². The number of rotatable bonds is 8. The molecule has 4 nitrogen and oxygen atoms in total. The third kappa shape index (κ3) is 6.96. The molecule has 1 aliphatic heterocycles. The third-order valence-corrected chi connectivity index (χ3v) is 6.66. The molecule has 0 bridgehead atoms. The molecule has 1 aromatic heterocycles. The molecule has 31 heavy (non-hydrogen) atoms. The molecule has 0 N–H and O–H groups in total. The monoisotopic (exact) mass is 452 g/mol. The van der Waals surface area contributed by atoms with Crippen LogP contribution in [0.1, 0.15) is 45.9 Å². The number of ether oxygens (including phenoxy) is 2. The fourth-order valence-electron chi connectivity index (χ4n) is 3.91. The topological polar surface area (TPSA) is 34.6 Å². The number of likely N-dealkylation sites (tertiary alicyclic amines) is 1. The van der Waals surface area contributed by atoms with Crippen LogP contribution in [0.3, 0.4) is 0 Å². The summed E-state index contributed by atoms with van der Waals surface area (Å²) in [5.41, 5.74) is 0.811. The van der Waals surface area contributed by atoms with Gasteiger partial charge in [-0.3, -0.25) is 4.90 Å². The summed E-state index contributed by atoms with van der Waals surface area (Å²) in [6.07, 6.45) is 3.16. The van der Waals surface area contributed by atoms with Crippen LogP contribution in [0.15, 0.2) is 30.5 Å². The smallest absolute Gasteiger partial charge is 0.387 e. The zero-order chi connectivity index (χ0) is 22.6. The van der Waals surface area contributed by atoms with E-state index in [1.54, 1.807) is 18.2 Å². The summed E-state index contributed by atoms with van der Waals surface area (Å²) in [7, 11) is 0. The molecular formula is C24H34F2N2O2S. The normalized spacial score (nSPS) is 20.5. The molecule has 2 atom stereocenters. The molecule has 1 aromatic carbocycles. The second kappa shape index (κ2) is 10.4. The second-order valence-electron chi connectivity index (χ2n) is 9.85. The average molecular weight is 453 g/mol. The molecule has 1 aliphatic rings. The number of para-hydroxylation sites is 1. The van der Waals surface area contributed by atoms with E-state index < -0.39 is 6.61 Å². The van der Waals surface area contributed by atoms with E-state index >= 15 is 0 Å². The molecule has 1 fully saturated rings. The number of alkyl halides is 2. The maximum absolute atomic E-state index is 12.8. The van der Waals surface area contributed by atoms with Crippen molar-refractivity contribution in [3.05, 3.63) is 35.3 Å². The van der Waals surface area contributed by atoms with Crippen LogP contribution in [0.2, 0.25) is 0 Å². The SMILES string of the molecule is CC(C)COC1CC(C(C)(C)C)CN(Cc2cnc(-c3ccccc3OC(F)F)s2)C1. The Morgan fingerprint density at radius 3 is 2.61 bits per heavy atom. The molecule has 0 saturated carbocycles. The Labute approximate surface area is 188 Å². The summed E-state index contributed by atoms with van der Waals surface area (Å²) in [5, 5.41) is 0.697. The number of benzene rings is 1. The lowest BCUT2D eigenvalue weighted by molar-refractivity contribution is -0.0503. The van der Waals surface area contributed by atoms with E-state index in [0.29, 0.717) is 22.4 Å². The Morgan fingerprint density at radius 1 is 1.19 bits per heavy atom. The molecule has 0 aliphatic carbocycles. The quantitative estimate of drug-likeness (QED) is 0.469. The van der Waals surface area contributed by atoms with Crippen molar-refractivity contribution in [2.24, 2.45) is 17.3 Å². The lowest BCUT2D eigenvalue weighted by atomic mass is 9.75. The highest BCUT2D eigenvalue weighted by Crippen LogP contribution is 2.37. The first-order valence-electron chi connectivity index (χ1n) is 10.9. The first-order chi connectivity index (χ1) is 14.6. The minimum Gasteiger partial charge on any atom is -0.434 e. The predicted octanol–water partition coefficient (Wildman–Crippen LogP) is 6.32. The largest absolute Gasteiger partial charge is 0.434 e. The zero-order valence-corrected chi connectivity index (χ0v) is 19.9. The van der Waals surface area contributed by atoms with Crippen LogP contribution in [0.4, 0.5) is 8.78 Å². The van der Waals surface area contributed by atoms with Crippen molar-refractivity contribution in [3.63, 3.8) is 0 Å². The highest BCUT2D eigenvalue weighted by atomic mass is 32.1. The number of halogens is 2. The second-order valence-corrected chi connectivity index (χ2v) is 11.0. The molecule has 2 unspecified atom stereocenters. The Morgan fingerprint density at radius 2 is 1.94 bits per heavy atom. The number of piperidine rings is 1. The Kier molecular flexibility index (Phi) is 8.05.